The molecular weight excluding hydrogens is 200 g/mol. The predicted molar refractivity (Wildman–Crippen MR) is 64.0 cm³/mol. The lowest BCUT2D eigenvalue weighted by Crippen LogP contribution is -2.42. The monoisotopic (exact) mass is 220 g/mol. The van der Waals surface area contributed by atoms with Gasteiger partial charge in [-0.05, 0) is 32.9 Å². The minimum atomic E-state index is -0.478. The molecule has 0 aliphatic heterocycles. The van der Waals surface area contributed by atoms with Crippen molar-refractivity contribution in [2.24, 2.45) is 0 Å². The van der Waals surface area contributed by atoms with Gasteiger partial charge in [-0.1, -0.05) is 6.92 Å². The lowest BCUT2D eigenvalue weighted by atomic mass is 9.95. The molecule has 4 nitrogen and oxygen atoms in total. The Balaban J connectivity index is 2.70. The Bertz CT molecular complexity index is 377. The number of aryl methyl sites for hydroxylation is 1. The van der Waals surface area contributed by atoms with Gasteiger partial charge >= 0.3 is 0 Å². The molecule has 4 heteroatoms. The van der Waals surface area contributed by atoms with Crippen LogP contribution in [0.1, 0.15) is 38.8 Å². The van der Waals surface area contributed by atoms with E-state index in [1.807, 2.05) is 37.8 Å². The van der Waals surface area contributed by atoms with Gasteiger partial charge in [0.15, 0.2) is 0 Å². The topological polar surface area (TPSA) is 53.6 Å². The number of nitrogens with one attached hydrogen (secondary N) is 1. The van der Waals surface area contributed by atoms with Crippen molar-refractivity contribution in [3.05, 3.63) is 18.0 Å². The van der Waals surface area contributed by atoms with Crippen LogP contribution < -0.4 is 5.32 Å². The van der Waals surface area contributed by atoms with Crippen LogP contribution in [-0.4, -0.2) is 21.9 Å². The minimum absolute atomic E-state index is 0.220. The molecule has 0 saturated carbocycles. The van der Waals surface area contributed by atoms with Gasteiger partial charge in [-0.15, -0.1) is 0 Å². The zero-order valence-corrected chi connectivity index (χ0v) is 10.5. The van der Waals surface area contributed by atoms with E-state index in [2.05, 4.69) is 23.4 Å². The van der Waals surface area contributed by atoms with Gasteiger partial charge in [0.1, 0.15) is 5.54 Å². The fourth-order valence-corrected chi connectivity index (χ4v) is 1.91. The van der Waals surface area contributed by atoms with Crippen LogP contribution in [0.4, 0.5) is 0 Å². The molecule has 16 heavy (non-hydrogen) atoms. The molecule has 0 aliphatic rings. The van der Waals surface area contributed by atoms with Crippen molar-refractivity contribution in [1.82, 2.24) is 15.1 Å². The first-order valence-corrected chi connectivity index (χ1v) is 5.68. The molecule has 0 fully saturated rings. The van der Waals surface area contributed by atoms with Gasteiger partial charge in [-0.2, -0.15) is 10.4 Å². The van der Waals surface area contributed by atoms with Crippen LogP contribution in [0, 0.1) is 18.3 Å². The second-order valence-electron chi connectivity index (χ2n) is 4.53. The molecule has 0 saturated heterocycles. The molecule has 1 N–H and O–H groups in total. The molecule has 0 amide bonds. The molecule has 1 aromatic heterocycles. The number of hydrogen-bond donors (Lipinski definition) is 1. The molecule has 0 aliphatic carbocycles. The summed E-state index contributed by atoms with van der Waals surface area (Å²) in [5.41, 5.74) is 0.669. The maximum atomic E-state index is 9.18. The van der Waals surface area contributed by atoms with E-state index < -0.39 is 5.54 Å². The van der Waals surface area contributed by atoms with E-state index in [0.717, 1.165) is 18.5 Å². The molecule has 1 aromatic rings. The van der Waals surface area contributed by atoms with Gasteiger partial charge in [0.2, 0.25) is 0 Å². The van der Waals surface area contributed by atoms with E-state index in [-0.39, 0.29) is 6.04 Å². The van der Waals surface area contributed by atoms with Crippen LogP contribution in [0.3, 0.4) is 0 Å². The molecule has 88 valence electrons. The zero-order chi connectivity index (χ0) is 12.2. The number of rotatable bonds is 5. The zero-order valence-electron chi connectivity index (χ0n) is 10.5. The Morgan fingerprint density at radius 2 is 2.38 bits per heavy atom. The number of hydrogen-bond acceptors (Lipinski definition) is 3. The Morgan fingerprint density at radius 1 is 1.69 bits per heavy atom. The summed E-state index contributed by atoms with van der Waals surface area (Å²) in [6.07, 6.45) is 4.60. The van der Waals surface area contributed by atoms with Gasteiger partial charge in [0.25, 0.3) is 0 Å². The van der Waals surface area contributed by atoms with Crippen molar-refractivity contribution in [2.45, 2.75) is 45.7 Å². The lowest BCUT2D eigenvalue weighted by molar-refractivity contribution is 0.337. The third-order valence-electron chi connectivity index (χ3n) is 2.70. The average Bonchev–Trinajstić information content (AvgIpc) is 2.65. The highest BCUT2D eigenvalue weighted by molar-refractivity contribution is 5.06. The summed E-state index contributed by atoms with van der Waals surface area (Å²) in [6.45, 7) is 8.85. The SMILES string of the molecule is CCNC(C)(C#N)CC(C)n1cc(C)cn1. The van der Waals surface area contributed by atoms with Crippen molar-refractivity contribution in [1.29, 1.82) is 5.26 Å². The number of aromatic nitrogens is 2. The van der Waals surface area contributed by atoms with Crippen molar-refractivity contribution < 1.29 is 0 Å². The van der Waals surface area contributed by atoms with Crippen LogP contribution in [0.15, 0.2) is 12.4 Å². The smallest absolute Gasteiger partial charge is 0.105 e. The summed E-state index contributed by atoms with van der Waals surface area (Å²) >= 11 is 0. The van der Waals surface area contributed by atoms with Gasteiger partial charge in [-0.3, -0.25) is 10.00 Å². The first-order chi connectivity index (χ1) is 7.50. The number of nitrogens with zero attached hydrogens (tertiary/aromatic N) is 3. The predicted octanol–water partition coefficient (Wildman–Crippen LogP) is 2.03. The summed E-state index contributed by atoms with van der Waals surface area (Å²) in [4.78, 5) is 0. The van der Waals surface area contributed by atoms with E-state index in [1.165, 1.54) is 0 Å². The maximum absolute atomic E-state index is 9.18. The first kappa shape index (κ1) is 12.7. The molecule has 0 radical (unpaired) electrons. The normalized spacial score (nSPS) is 16.4. The van der Waals surface area contributed by atoms with E-state index in [9.17, 15) is 5.26 Å². The molecule has 0 spiro atoms. The van der Waals surface area contributed by atoms with Crippen LogP contribution in [0.2, 0.25) is 0 Å². The standard InChI is InChI=1S/C12H20N4/c1-5-14-12(4,9-13)6-11(3)16-8-10(2)7-15-16/h7-8,11,14H,5-6H2,1-4H3. The summed E-state index contributed by atoms with van der Waals surface area (Å²) in [7, 11) is 0. The largest absolute Gasteiger partial charge is 0.300 e. The Morgan fingerprint density at radius 3 is 2.81 bits per heavy atom. The highest BCUT2D eigenvalue weighted by atomic mass is 15.3. The average molecular weight is 220 g/mol. The van der Waals surface area contributed by atoms with Crippen LogP contribution >= 0.6 is 0 Å². The lowest BCUT2D eigenvalue weighted by Gasteiger charge is -2.26. The summed E-state index contributed by atoms with van der Waals surface area (Å²) in [6, 6.07) is 2.55. The Kier molecular flexibility index (Phi) is 4.08. The number of nitriles is 1. The van der Waals surface area contributed by atoms with E-state index in [4.69, 9.17) is 0 Å². The van der Waals surface area contributed by atoms with E-state index >= 15 is 0 Å². The van der Waals surface area contributed by atoms with Gasteiger partial charge in [0, 0.05) is 12.6 Å². The van der Waals surface area contributed by atoms with Crippen molar-refractivity contribution >= 4 is 0 Å². The first-order valence-electron chi connectivity index (χ1n) is 5.68. The van der Waals surface area contributed by atoms with Gasteiger partial charge in [0.05, 0.1) is 18.3 Å². The van der Waals surface area contributed by atoms with Crippen LogP contribution in [-0.2, 0) is 0 Å². The van der Waals surface area contributed by atoms with Crippen LogP contribution in [0.25, 0.3) is 0 Å². The molecule has 1 heterocycles. The second kappa shape index (κ2) is 5.13. The molecule has 0 aromatic carbocycles. The molecule has 2 unspecified atom stereocenters. The fraction of sp³-hybridized carbons (Fsp3) is 0.667. The van der Waals surface area contributed by atoms with Crippen molar-refractivity contribution in [3.63, 3.8) is 0 Å². The molecule has 0 bridgehead atoms. The van der Waals surface area contributed by atoms with Gasteiger partial charge in [-0.25, -0.2) is 0 Å². The quantitative estimate of drug-likeness (QED) is 0.826. The highest BCUT2D eigenvalue weighted by Gasteiger charge is 2.26. The molecule has 1 rings (SSSR count). The third kappa shape index (κ3) is 3.07. The minimum Gasteiger partial charge on any atom is -0.300 e. The molecular formula is C12H20N4. The maximum Gasteiger partial charge on any atom is 0.105 e. The van der Waals surface area contributed by atoms with Crippen molar-refractivity contribution in [2.75, 3.05) is 6.54 Å². The van der Waals surface area contributed by atoms with E-state index in [0.29, 0.717) is 0 Å². The summed E-state index contributed by atoms with van der Waals surface area (Å²) in [5, 5.41) is 16.7. The summed E-state index contributed by atoms with van der Waals surface area (Å²) in [5.74, 6) is 0. The Hall–Kier alpha value is -1.34. The fourth-order valence-electron chi connectivity index (χ4n) is 1.91. The van der Waals surface area contributed by atoms with Crippen LogP contribution in [0.5, 0.6) is 0 Å². The Labute approximate surface area is 97.3 Å². The van der Waals surface area contributed by atoms with Crippen molar-refractivity contribution in [3.8, 4) is 6.07 Å². The summed E-state index contributed by atoms with van der Waals surface area (Å²) < 4.78 is 1.92. The highest BCUT2D eigenvalue weighted by Crippen LogP contribution is 2.20. The van der Waals surface area contributed by atoms with E-state index in [1.54, 1.807) is 0 Å². The third-order valence-corrected chi connectivity index (χ3v) is 2.70. The second-order valence-corrected chi connectivity index (χ2v) is 4.53. The molecule has 2 atom stereocenters. The van der Waals surface area contributed by atoms with Gasteiger partial charge < -0.3 is 0 Å².